The fourth-order valence-electron chi connectivity index (χ4n) is 2.71. The Morgan fingerprint density at radius 1 is 1.00 bits per heavy atom. The molecule has 2 N–H and O–H groups in total. The summed E-state index contributed by atoms with van der Waals surface area (Å²) in [6, 6.07) is 18.2. The van der Waals surface area contributed by atoms with Gasteiger partial charge in [0.15, 0.2) is 0 Å². The molecule has 6 heteroatoms. The first kappa shape index (κ1) is 19.1. The number of anilines is 1. The van der Waals surface area contributed by atoms with Gasteiger partial charge in [0.05, 0.1) is 19.1 Å². The summed E-state index contributed by atoms with van der Waals surface area (Å²) >= 11 is 0. The molecule has 0 spiro atoms. The van der Waals surface area contributed by atoms with Crippen LogP contribution in [0.25, 0.3) is 0 Å². The van der Waals surface area contributed by atoms with Crippen LogP contribution >= 0.6 is 0 Å². The maximum Gasteiger partial charge on any atom is 0.253 e. The van der Waals surface area contributed by atoms with Gasteiger partial charge >= 0.3 is 0 Å². The molecule has 3 aromatic rings. The molecular formula is C22H21N3O3. The Morgan fingerprint density at radius 3 is 2.61 bits per heavy atom. The molecule has 0 radical (unpaired) electrons. The third-order valence-corrected chi connectivity index (χ3v) is 4.09. The van der Waals surface area contributed by atoms with E-state index in [0.717, 1.165) is 16.9 Å². The Labute approximate surface area is 163 Å². The second-order valence-corrected chi connectivity index (χ2v) is 6.20. The lowest BCUT2D eigenvalue weighted by Crippen LogP contribution is -2.23. The van der Waals surface area contributed by atoms with Crippen molar-refractivity contribution in [2.75, 3.05) is 12.4 Å². The molecule has 0 aliphatic carbocycles. The zero-order valence-electron chi connectivity index (χ0n) is 15.5. The second kappa shape index (κ2) is 9.32. The number of carbonyl (C=O) groups is 2. The summed E-state index contributed by atoms with van der Waals surface area (Å²) in [4.78, 5) is 28.4. The Hall–Kier alpha value is -3.67. The van der Waals surface area contributed by atoms with Crippen molar-refractivity contribution in [2.24, 2.45) is 0 Å². The molecule has 2 aromatic carbocycles. The average molecular weight is 375 g/mol. The fraction of sp³-hybridized carbons (Fsp3) is 0.136. The highest BCUT2D eigenvalue weighted by Crippen LogP contribution is 2.15. The predicted molar refractivity (Wildman–Crippen MR) is 107 cm³/mol. The van der Waals surface area contributed by atoms with Gasteiger partial charge in [-0.15, -0.1) is 0 Å². The summed E-state index contributed by atoms with van der Waals surface area (Å²) in [5, 5.41) is 5.73. The molecule has 1 aromatic heterocycles. The zero-order valence-corrected chi connectivity index (χ0v) is 15.5. The SMILES string of the molecule is COc1cccc(CC(=O)Nc2cccc(CNC(=O)c3cccnc3)c2)c1. The molecule has 0 unspecified atom stereocenters. The summed E-state index contributed by atoms with van der Waals surface area (Å²) in [5.74, 6) is 0.405. The number of pyridine rings is 1. The van der Waals surface area contributed by atoms with Gasteiger partial charge in [-0.3, -0.25) is 14.6 Å². The third-order valence-electron chi connectivity index (χ3n) is 4.09. The molecule has 1 heterocycles. The number of rotatable bonds is 7. The first-order valence-electron chi connectivity index (χ1n) is 8.84. The minimum atomic E-state index is -0.194. The minimum absolute atomic E-state index is 0.121. The quantitative estimate of drug-likeness (QED) is 0.665. The van der Waals surface area contributed by atoms with Crippen molar-refractivity contribution in [1.29, 1.82) is 0 Å². The van der Waals surface area contributed by atoms with E-state index in [-0.39, 0.29) is 18.2 Å². The standard InChI is InChI=1S/C22H21N3O3/c1-28-20-9-3-5-16(12-20)13-21(26)25-19-8-2-6-17(11-19)14-24-22(27)18-7-4-10-23-15-18/h2-12,15H,13-14H2,1H3,(H,24,27)(H,25,26). The van der Waals surface area contributed by atoms with Gasteiger partial charge in [0.1, 0.15) is 5.75 Å². The third kappa shape index (κ3) is 5.41. The van der Waals surface area contributed by atoms with Gasteiger partial charge in [0, 0.05) is 24.6 Å². The van der Waals surface area contributed by atoms with E-state index in [9.17, 15) is 9.59 Å². The Kier molecular flexibility index (Phi) is 6.36. The van der Waals surface area contributed by atoms with E-state index in [2.05, 4.69) is 15.6 Å². The number of hydrogen-bond acceptors (Lipinski definition) is 4. The molecular weight excluding hydrogens is 354 g/mol. The summed E-state index contributed by atoms with van der Waals surface area (Å²) in [7, 11) is 1.60. The molecule has 2 amide bonds. The van der Waals surface area contributed by atoms with Gasteiger partial charge in [-0.25, -0.2) is 0 Å². The van der Waals surface area contributed by atoms with Crippen LogP contribution in [-0.4, -0.2) is 23.9 Å². The number of nitrogens with one attached hydrogen (secondary N) is 2. The van der Waals surface area contributed by atoms with Crippen molar-refractivity contribution in [3.63, 3.8) is 0 Å². The Balaban J connectivity index is 1.56. The van der Waals surface area contributed by atoms with Crippen LogP contribution in [-0.2, 0) is 17.8 Å². The van der Waals surface area contributed by atoms with Gasteiger partial charge in [0.25, 0.3) is 5.91 Å². The molecule has 3 rings (SSSR count). The van der Waals surface area contributed by atoms with E-state index >= 15 is 0 Å². The molecule has 0 atom stereocenters. The number of carbonyl (C=O) groups excluding carboxylic acids is 2. The van der Waals surface area contributed by atoms with Crippen LogP contribution < -0.4 is 15.4 Å². The van der Waals surface area contributed by atoms with Crippen molar-refractivity contribution < 1.29 is 14.3 Å². The van der Waals surface area contributed by atoms with E-state index in [1.54, 1.807) is 25.4 Å². The highest BCUT2D eigenvalue weighted by Gasteiger charge is 2.07. The van der Waals surface area contributed by atoms with Crippen LogP contribution in [0.15, 0.2) is 73.1 Å². The van der Waals surface area contributed by atoms with Crippen LogP contribution in [0.1, 0.15) is 21.5 Å². The topological polar surface area (TPSA) is 80.3 Å². The van der Waals surface area contributed by atoms with E-state index in [4.69, 9.17) is 4.74 Å². The van der Waals surface area contributed by atoms with Crippen LogP contribution in [0.2, 0.25) is 0 Å². The van der Waals surface area contributed by atoms with Crippen molar-refractivity contribution in [2.45, 2.75) is 13.0 Å². The lowest BCUT2D eigenvalue weighted by molar-refractivity contribution is -0.115. The predicted octanol–water partition coefficient (Wildman–Crippen LogP) is 3.20. The highest BCUT2D eigenvalue weighted by atomic mass is 16.5. The number of hydrogen-bond donors (Lipinski definition) is 2. The molecule has 0 saturated heterocycles. The van der Waals surface area contributed by atoms with Gasteiger partial charge in [0.2, 0.25) is 5.91 Å². The summed E-state index contributed by atoms with van der Waals surface area (Å²) < 4.78 is 5.18. The van der Waals surface area contributed by atoms with E-state index in [1.807, 2.05) is 48.5 Å². The number of amides is 2. The van der Waals surface area contributed by atoms with E-state index in [1.165, 1.54) is 6.20 Å². The summed E-state index contributed by atoms with van der Waals surface area (Å²) in [5.41, 5.74) is 2.94. The molecule has 6 nitrogen and oxygen atoms in total. The average Bonchev–Trinajstić information content (AvgIpc) is 2.73. The zero-order chi connectivity index (χ0) is 19.8. The summed E-state index contributed by atoms with van der Waals surface area (Å²) in [6.07, 6.45) is 3.39. The van der Waals surface area contributed by atoms with Crippen LogP contribution in [0.5, 0.6) is 5.75 Å². The smallest absolute Gasteiger partial charge is 0.253 e. The van der Waals surface area contributed by atoms with Gasteiger partial charge in [-0.2, -0.15) is 0 Å². The van der Waals surface area contributed by atoms with Gasteiger partial charge < -0.3 is 15.4 Å². The van der Waals surface area contributed by atoms with Crippen LogP contribution in [0, 0.1) is 0 Å². The number of nitrogens with zero attached hydrogens (tertiary/aromatic N) is 1. The van der Waals surface area contributed by atoms with Crippen molar-refractivity contribution in [1.82, 2.24) is 10.3 Å². The second-order valence-electron chi connectivity index (χ2n) is 6.20. The molecule has 28 heavy (non-hydrogen) atoms. The monoisotopic (exact) mass is 375 g/mol. The number of ether oxygens (including phenoxy) is 1. The van der Waals surface area contributed by atoms with Crippen LogP contribution in [0.3, 0.4) is 0 Å². The lowest BCUT2D eigenvalue weighted by Gasteiger charge is -2.09. The fourth-order valence-corrected chi connectivity index (χ4v) is 2.71. The lowest BCUT2D eigenvalue weighted by atomic mass is 10.1. The molecule has 0 fully saturated rings. The number of benzene rings is 2. The molecule has 142 valence electrons. The van der Waals surface area contributed by atoms with Crippen LogP contribution in [0.4, 0.5) is 5.69 Å². The van der Waals surface area contributed by atoms with Crippen molar-refractivity contribution >= 4 is 17.5 Å². The first-order valence-corrected chi connectivity index (χ1v) is 8.84. The summed E-state index contributed by atoms with van der Waals surface area (Å²) in [6.45, 7) is 0.354. The largest absolute Gasteiger partial charge is 0.497 e. The molecule has 0 aliphatic rings. The van der Waals surface area contributed by atoms with Crippen molar-refractivity contribution in [3.8, 4) is 5.75 Å². The first-order chi connectivity index (χ1) is 13.6. The maximum absolute atomic E-state index is 12.3. The van der Waals surface area contributed by atoms with Gasteiger partial charge in [-0.1, -0.05) is 24.3 Å². The Morgan fingerprint density at radius 2 is 1.82 bits per heavy atom. The molecule has 0 aliphatic heterocycles. The maximum atomic E-state index is 12.3. The van der Waals surface area contributed by atoms with E-state index in [0.29, 0.717) is 17.8 Å². The Bertz CT molecular complexity index is 958. The normalized spacial score (nSPS) is 10.2. The molecule has 0 saturated carbocycles. The van der Waals surface area contributed by atoms with E-state index < -0.39 is 0 Å². The molecule has 0 bridgehead atoms. The van der Waals surface area contributed by atoms with Gasteiger partial charge in [-0.05, 0) is 47.5 Å². The highest BCUT2D eigenvalue weighted by molar-refractivity contribution is 5.94. The van der Waals surface area contributed by atoms with Crippen molar-refractivity contribution in [3.05, 3.63) is 89.7 Å². The minimum Gasteiger partial charge on any atom is -0.497 e. The number of aromatic nitrogens is 1. The number of methoxy groups -OCH3 is 1.